The van der Waals surface area contributed by atoms with Crippen molar-refractivity contribution in [2.24, 2.45) is 0 Å². The SMILES string of the molecule is COc1ccc(C(CNCC(=O)Nc2ccccc2F)N(C)C)cc1.O=C(O)C(=O)O. The number of hydrogen-bond donors (Lipinski definition) is 4. The van der Waals surface area contributed by atoms with Crippen LogP contribution in [-0.4, -0.2) is 67.3 Å². The molecule has 0 spiro atoms. The van der Waals surface area contributed by atoms with E-state index in [2.05, 4.69) is 15.5 Å². The zero-order valence-electron chi connectivity index (χ0n) is 17.5. The summed E-state index contributed by atoms with van der Waals surface area (Å²) < 4.78 is 18.7. The number of amides is 1. The van der Waals surface area contributed by atoms with Crippen LogP contribution in [0.15, 0.2) is 48.5 Å². The first kappa shape index (κ1) is 25.5. The van der Waals surface area contributed by atoms with Gasteiger partial charge in [-0.25, -0.2) is 14.0 Å². The molecule has 0 heterocycles. The van der Waals surface area contributed by atoms with E-state index in [1.54, 1.807) is 19.2 Å². The van der Waals surface area contributed by atoms with Crippen LogP contribution in [0.4, 0.5) is 10.1 Å². The molecule has 0 aliphatic carbocycles. The highest BCUT2D eigenvalue weighted by Gasteiger charge is 2.15. The van der Waals surface area contributed by atoms with Gasteiger partial charge >= 0.3 is 11.9 Å². The Morgan fingerprint density at radius 3 is 2.10 bits per heavy atom. The van der Waals surface area contributed by atoms with Gasteiger partial charge in [-0.15, -0.1) is 0 Å². The topological polar surface area (TPSA) is 128 Å². The second-order valence-corrected chi connectivity index (χ2v) is 6.52. The average Bonchev–Trinajstić information content (AvgIpc) is 2.73. The second-order valence-electron chi connectivity index (χ2n) is 6.52. The summed E-state index contributed by atoms with van der Waals surface area (Å²) >= 11 is 0. The van der Waals surface area contributed by atoms with Crippen molar-refractivity contribution in [2.75, 3.05) is 39.6 Å². The lowest BCUT2D eigenvalue weighted by atomic mass is 10.1. The zero-order chi connectivity index (χ0) is 23.4. The maximum atomic E-state index is 13.5. The molecule has 0 aliphatic heterocycles. The Bertz CT molecular complexity index is 862. The van der Waals surface area contributed by atoms with Crippen LogP contribution in [0.2, 0.25) is 0 Å². The highest BCUT2D eigenvalue weighted by atomic mass is 19.1. The number of halogens is 1. The molecule has 0 fully saturated rings. The monoisotopic (exact) mass is 435 g/mol. The van der Waals surface area contributed by atoms with Crippen molar-refractivity contribution in [2.45, 2.75) is 6.04 Å². The van der Waals surface area contributed by atoms with E-state index in [4.69, 9.17) is 24.5 Å². The highest BCUT2D eigenvalue weighted by Crippen LogP contribution is 2.20. The molecular formula is C21H26FN3O6. The number of nitrogens with one attached hydrogen (secondary N) is 2. The second kappa shape index (κ2) is 12.9. The lowest BCUT2D eigenvalue weighted by Crippen LogP contribution is -2.35. The van der Waals surface area contributed by atoms with E-state index in [0.717, 1.165) is 11.3 Å². The molecular weight excluding hydrogens is 409 g/mol. The summed E-state index contributed by atoms with van der Waals surface area (Å²) in [4.78, 5) is 32.2. The van der Waals surface area contributed by atoms with E-state index in [1.165, 1.54) is 12.1 Å². The first-order valence-electron chi connectivity index (χ1n) is 9.17. The number of rotatable bonds is 8. The molecule has 0 radical (unpaired) electrons. The van der Waals surface area contributed by atoms with Gasteiger partial charge in [-0.1, -0.05) is 24.3 Å². The number of carboxylic acids is 2. The fourth-order valence-electron chi connectivity index (χ4n) is 2.50. The number of benzene rings is 2. The van der Waals surface area contributed by atoms with Gasteiger partial charge in [-0.2, -0.15) is 0 Å². The maximum Gasteiger partial charge on any atom is 0.414 e. The molecule has 1 atom stereocenters. The summed E-state index contributed by atoms with van der Waals surface area (Å²) in [5.41, 5.74) is 1.31. The summed E-state index contributed by atoms with van der Waals surface area (Å²) in [7, 11) is 5.60. The van der Waals surface area contributed by atoms with Gasteiger partial charge in [0, 0.05) is 12.6 Å². The minimum absolute atomic E-state index is 0.104. The van der Waals surface area contributed by atoms with Crippen LogP contribution in [0, 0.1) is 5.82 Å². The average molecular weight is 435 g/mol. The van der Waals surface area contributed by atoms with E-state index >= 15 is 0 Å². The molecule has 1 amide bonds. The van der Waals surface area contributed by atoms with Crippen molar-refractivity contribution in [3.8, 4) is 5.75 Å². The van der Waals surface area contributed by atoms with Crippen molar-refractivity contribution in [3.63, 3.8) is 0 Å². The number of ether oxygens (including phenoxy) is 1. The molecule has 0 saturated heterocycles. The molecule has 2 aromatic rings. The summed E-state index contributed by atoms with van der Waals surface area (Å²) in [5.74, 6) is -3.57. The number of anilines is 1. The summed E-state index contributed by atoms with van der Waals surface area (Å²) in [6, 6.07) is 14.1. The standard InChI is InChI=1S/C19H24FN3O2.C2H2O4/c1-23(2)18(14-8-10-15(25-3)11-9-14)12-21-13-19(24)22-17-7-5-4-6-16(17)20;3-1(4)2(5)6/h4-11,18,21H,12-13H2,1-3H3,(H,22,24);(H,3,4)(H,5,6). The van der Waals surface area contributed by atoms with E-state index in [0.29, 0.717) is 6.54 Å². The van der Waals surface area contributed by atoms with Gasteiger partial charge in [0.2, 0.25) is 5.91 Å². The van der Waals surface area contributed by atoms with Crippen LogP contribution in [0.1, 0.15) is 11.6 Å². The molecule has 4 N–H and O–H groups in total. The molecule has 10 heteroatoms. The van der Waals surface area contributed by atoms with Crippen molar-refractivity contribution in [1.29, 1.82) is 0 Å². The molecule has 0 aliphatic rings. The Hall–Kier alpha value is -3.50. The first-order chi connectivity index (χ1) is 14.6. The highest BCUT2D eigenvalue weighted by molar-refractivity contribution is 6.27. The predicted molar refractivity (Wildman–Crippen MR) is 113 cm³/mol. The molecule has 9 nitrogen and oxygen atoms in total. The summed E-state index contributed by atoms with van der Waals surface area (Å²) in [6.07, 6.45) is 0. The van der Waals surface area contributed by atoms with Gasteiger partial charge in [0.25, 0.3) is 0 Å². The number of likely N-dealkylation sites (N-methyl/N-ethyl adjacent to an activating group) is 1. The Morgan fingerprint density at radius 2 is 1.61 bits per heavy atom. The molecule has 31 heavy (non-hydrogen) atoms. The Balaban J connectivity index is 0.000000703. The van der Waals surface area contributed by atoms with Crippen LogP contribution < -0.4 is 15.4 Å². The number of nitrogens with zero attached hydrogens (tertiary/aromatic N) is 1. The van der Waals surface area contributed by atoms with E-state index in [-0.39, 0.29) is 24.2 Å². The maximum absolute atomic E-state index is 13.5. The van der Waals surface area contributed by atoms with E-state index < -0.39 is 17.8 Å². The van der Waals surface area contributed by atoms with Crippen LogP contribution in [0.25, 0.3) is 0 Å². The Kier molecular flexibility index (Phi) is 10.7. The van der Waals surface area contributed by atoms with E-state index in [9.17, 15) is 9.18 Å². The van der Waals surface area contributed by atoms with Crippen LogP contribution in [0.5, 0.6) is 5.75 Å². The number of carbonyl (C=O) groups is 3. The fraction of sp³-hybridized carbons (Fsp3) is 0.286. The van der Waals surface area contributed by atoms with Gasteiger partial charge in [0.1, 0.15) is 11.6 Å². The minimum Gasteiger partial charge on any atom is -0.497 e. The van der Waals surface area contributed by atoms with Crippen LogP contribution in [0.3, 0.4) is 0 Å². The number of para-hydroxylation sites is 1. The molecule has 0 bridgehead atoms. The quantitative estimate of drug-likeness (QED) is 0.463. The van der Waals surface area contributed by atoms with Crippen LogP contribution in [-0.2, 0) is 14.4 Å². The Morgan fingerprint density at radius 1 is 1.03 bits per heavy atom. The lowest BCUT2D eigenvalue weighted by Gasteiger charge is -2.25. The smallest absolute Gasteiger partial charge is 0.414 e. The summed E-state index contributed by atoms with van der Waals surface area (Å²) in [5, 5.41) is 20.5. The van der Waals surface area contributed by atoms with Crippen LogP contribution >= 0.6 is 0 Å². The fourth-order valence-corrected chi connectivity index (χ4v) is 2.50. The first-order valence-corrected chi connectivity index (χ1v) is 9.17. The van der Waals surface area contributed by atoms with Crippen molar-refractivity contribution < 1.29 is 33.7 Å². The van der Waals surface area contributed by atoms with Crippen molar-refractivity contribution in [1.82, 2.24) is 10.2 Å². The molecule has 0 aromatic heterocycles. The predicted octanol–water partition coefficient (Wildman–Crippen LogP) is 1.82. The third kappa shape index (κ3) is 9.24. The lowest BCUT2D eigenvalue weighted by molar-refractivity contribution is -0.159. The van der Waals surface area contributed by atoms with E-state index in [1.807, 2.05) is 38.4 Å². The number of methoxy groups -OCH3 is 1. The minimum atomic E-state index is -1.82. The number of carbonyl (C=O) groups excluding carboxylic acids is 1. The third-order valence-electron chi connectivity index (χ3n) is 4.08. The molecule has 2 aromatic carbocycles. The third-order valence-corrected chi connectivity index (χ3v) is 4.08. The van der Waals surface area contributed by atoms with Gasteiger partial charge in [-0.05, 0) is 43.9 Å². The van der Waals surface area contributed by atoms with Crippen molar-refractivity contribution >= 4 is 23.5 Å². The van der Waals surface area contributed by atoms with Gasteiger partial charge in [0.15, 0.2) is 0 Å². The number of carboxylic acid groups (broad SMARTS) is 2. The summed E-state index contributed by atoms with van der Waals surface area (Å²) in [6.45, 7) is 0.693. The Labute approximate surface area is 179 Å². The van der Waals surface area contributed by atoms with Gasteiger partial charge < -0.3 is 30.5 Å². The normalized spacial score (nSPS) is 11.1. The molecule has 1 unspecified atom stereocenters. The van der Waals surface area contributed by atoms with Gasteiger partial charge in [0.05, 0.1) is 19.3 Å². The zero-order valence-corrected chi connectivity index (χ0v) is 17.5. The largest absolute Gasteiger partial charge is 0.497 e. The van der Waals surface area contributed by atoms with Crippen molar-refractivity contribution in [3.05, 3.63) is 59.9 Å². The molecule has 168 valence electrons. The number of hydrogen-bond acceptors (Lipinski definition) is 6. The molecule has 0 saturated carbocycles. The van der Waals surface area contributed by atoms with Gasteiger partial charge in [-0.3, -0.25) is 4.79 Å². The number of aliphatic carboxylic acids is 2. The molecule has 2 rings (SSSR count).